The molecule has 1 aliphatic rings. The first-order valence-corrected chi connectivity index (χ1v) is 6.75. The number of hydrogen-bond donors (Lipinski definition) is 1. The Balaban J connectivity index is 2.17. The van der Waals surface area contributed by atoms with Crippen molar-refractivity contribution in [2.24, 2.45) is 0 Å². The van der Waals surface area contributed by atoms with Crippen molar-refractivity contribution in [3.8, 4) is 11.3 Å². The number of nitrogens with one attached hydrogen (secondary N) is 1. The second-order valence-corrected chi connectivity index (χ2v) is 5.22. The first-order chi connectivity index (χ1) is 10.9. The number of rotatable bonds is 2. The van der Waals surface area contributed by atoms with Crippen molar-refractivity contribution in [3.63, 3.8) is 0 Å². The van der Waals surface area contributed by atoms with E-state index in [9.17, 15) is 19.7 Å². The van der Waals surface area contributed by atoms with E-state index in [1.807, 2.05) is 0 Å². The van der Waals surface area contributed by atoms with E-state index in [-0.39, 0.29) is 18.3 Å². The van der Waals surface area contributed by atoms with Crippen LogP contribution in [0.3, 0.4) is 0 Å². The van der Waals surface area contributed by atoms with E-state index in [0.29, 0.717) is 22.6 Å². The van der Waals surface area contributed by atoms with Gasteiger partial charge in [0.05, 0.1) is 17.2 Å². The summed E-state index contributed by atoms with van der Waals surface area (Å²) in [6, 6.07) is 5.58. The van der Waals surface area contributed by atoms with Gasteiger partial charge < -0.3 is 9.88 Å². The number of nitro benzene ring substituents is 1. The summed E-state index contributed by atoms with van der Waals surface area (Å²) in [7, 11) is 3.19. The van der Waals surface area contributed by atoms with Crippen LogP contribution in [-0.4, -0.2) is 39.9 Å². The number of nitrogens with zero attached hydrogens (tertiary/aromatic N) is 4. The molecule has 1 aromatic carbocycles. The molecule has 9 heteroatoms. The molecule has 2 heterocycles. The molecule has 0 spiro atoms. The van der Waals surface area contributed by atoms with E-state index in [2.05, 4.69) is 9.97 Å². The molecule has 0 saturated carbocycles. The normalized spacial score (nSPS) is 13.9. The zero-order chi connectivity index (χ0) is 16.7. The molecule has 1 aromatic heterocycles. The highest BCUT2D eigenvalue weighted by Gasteiger charge is 2.29. The summed E-state index contributed by atoms with van der Waals surface area (Å²) in [6.07, 6.45) is 0. The van der Waals surface area contributed by atoms with Gasteiger partial charge in [-0.05, 0) is 17.7 Å². The molecule has 0 bridgehead atoms. The van der Waals surface area contributed by atoms with Gasteiger partial charge in [0.15, 0.2) is 0 Å². The lowest BCUT2D eigenvalue weighted by Crippen LogP contribution is -2.44. The van der Waals surface area contributed by atoms with Crippen LogP contribution in [0.1, 0.15) is 5.56 Å². The molecule has 3 rings (SSSR count). The Morgan fingerprint density at radius 1 is 1.22 bits per heavy atom. The molecule has 118 valence electrons. The molecule has 23 heavy (non-hydrogen) atoms. The SMILES string of the molecule is CN1Cc2c(nc(=O)[nH]c2-c2ccc([N+](=O)[O-])cc2)N(C)C1=O. The summed E-state index contributed by atoms with van der Waals surface area (Å²) in [5.74, 6) is 0.296. The summed E-state index contributed by atoms with van der Waals surface area (Å²) in [6.45, 7) is 0.286. The molecule has 0 fully saturated rings. The van der Waals surface area contributed by atoms with Crippen LogP contribution < -0.4 is 10.6 Å². The zero-order valence-corrected chi connectivity index (χ0v) is 12.4. The van der Waals surface area contributed by atoms with E-state index in [4.69, 9.17) is 0 Å². The molecule has 9 nitrogen and oxygen atoms in total. The molecule has 1 N–H and O–H groups in total. The number of amides is 2. The summed E-state index contributed by atoms with van der Waals surface area (Å²) in [5.41, 5.74) is 1.18. The monoisotopic (exact) mass is 315 g/mol. The van der Waals surface area contributed by atoms with Gasteiger partial charge in [0, 0.05) is 31.8 Å². The number of nitro groups is 1. The number of benzene rings is 1. The first-order valence-electron chi connectivity index (χ1n) is 6.75. The van der Waals surface area contributed by atoms with Gasteiger partial charge >= 0.3 is 11.7 Å². The standard InChI is InChI=1S/C14H13N5O4/c1-17-7-10-11(8-3-5-9(6-4-8)19(22)23)15-13(20)16-12(10)18(2)14(17)21/h3-6H,7H2,1-2H3,(H,15,16,20). The topological polar surface area (TPSA) is 112 Å². The van der Waals surface area contributed by atoms with Crippen LogP contribution in [0.5, 0.6) is 0 Å². The second kappa shape index (κ2) is 5.20. The molecule has 0 atom stereocenters. The van der Waals surface area contributed by atoms with Crippen molar-refractivity contribution < 1.29 is 9.72 Å². The molecular weight excluding hydrogens is 302 g/mol. The van der Waals surface area contributed by atoms with Crippen molar-refractivity contribution >= 4 is 17.5 Å². The van der Waals surface area contributed by atoms with Crippen molar-refractivity contribution in [1.29, 1.82) is 0 Å². The number of aromatic amines is 1. The number of non-ortho nitro benzene ring substituents is 1. The predicted molar refractivity (Wildman–Crippen MR) is 82.2 cm³/mol. The van der Waals surface area contributed by atoms with Gasteiger partial charge in [0.25, 0.3) is 5.69 Å². The smallest absolute Gasteiger partial charge is 0.323 e. The average Bonchev–Trinajstić information content (AvgIpc) is 2.53. The van der Waals surface area contributed by atoms with Crippen LogP contribution in [-0.2, 0) is 6.54 Å². The Bertz CT molecular complexity index is 858. The Hall–Kier alpha value is -3.23. The fourth-order valence-corrected chi connectivity index (χ4v) is 2.56. The van der Waals surface area contributed by atoms with Crippen molar-refractivity contribution in [3.05, 3.63) is 50.4 Å². The van der Waals surface area contributed by atoms with Gasteiger partial charge in [-0.2, -0.15) is 4.98 Å². The summed E-state index contributed by atoms with van der Waals surface area (Å²) < 4.78 is 0. The van der Waals surface area contributed by atoms with E-state index < -0.39 is 10.6 Å². The maximum Gasteiger partial charge on any atom is 0.347 e. The quantitative estimate of drug-likeness (QED) is 0.664. The molecule has 0 aliphatic carbocycles. The summed E-state index contributed by atoms with van der Waals surface area (Å²) in [5, 5.41) is 10.7. The van der Waals surface area contributed by atoms with Gasteiger partial charge in [-0.15, -0.1) is 0 Å². The summed E-state index contributed by atoms with van der Waals surface area (Å²) >= 11 is 0. The van der Waals surface area contributed by atoms with E-state index in [1.165, 1.54) is 21.9 Å². The molecule has 2 amide bonds. The Morgan fingerprint density at radius 3 is 2.48 bits per heavy atom. The highest BCUT2D eigenvalue weighted by Crippen LogP contribution is 2.31. The van der Waals surface area contributed by atoms with Crippen molar-refractivity contribution in [2.45, 2.75) is 6.54 Å². The fourth-order valence-electron chi connectivity index (χ4n) is 2.56. The second-order valence-electron chi connectivity index (χ2n) is 5.22. The number of carbonyl (C=O) groups excluding carboxylic acids is 1. The molecule has 0 unspecified atom stereocenters. The number of anilines is 1. The molecule has 0 saturated heterocycles. The van der Waals surface area contributed by atoms with Crippen LogP contribution in [0.4, 0.5) is 16.3 Å². The molecular formula is C14H13N5O4. The molecule has 0 radical (unpaired) electrons. The highest BCUT2D eigenvalue weighted by atomic mass is 16.6. The van der Waals surface area contributed by atoms with Crippen molar-refractivity contribution in [2.75, 3.05) is 19.0 Å². The largest absolute Gasteiger partial charge is 0.347 e. The predicted octanol–water partition coefficient (Wildman–Crippen LogP) is 1.35. The number of fused-ring (bicyclic) bond motifs is 1. The minimum atomic E-state index is -0.582. The number of aromatic nitrogens is 2. The number of H-pyrrole nitrogens is 1. The van der Waals surface area contributed by atoms with Gasteiger partial charge in [0.1, 0.15) is 5.82 Å². The van der Waals surface area contributed by atoms with Gasteiger partial charge in [-0.3, -0.25) is 15.0 Å². The van der Waals surface area contributed by atoms with Gasteiger partial charge in [-0.1, -0.05) is 0 Å². The maximum atomic E-state index is 12.0. The Labute approximate surface area is 130 Å². The average molecular weight is 315 g/mol. The minimum Gasteiger partial charge on any atom is -0.323 e. The van der Waals surface area contributed by atoms with Gasteiger partial charge in [0.2, 0.25) is 0 Å². The van der Waals surface area contributed by atoms with E-state index >= 15 is 0 Å². The van der Waals surface area contributed by atoms with E-state index in [1.54, 1.807) is 26.2 Å². The molecule has 1 aliphatic heterocycles. The lowest BCUT2D eigenvalue weighted by molar-refractivity contribution is -0.384. The first kappa shape index (κ1) is 14.7. The lowest BCUT2D eigenvalue weighted by Gasteiger charge is -2.32. The minimum absolute atomic E-state index is 0.0385. The number of hydrogen-bond acceptors (Lipinski definition) is 5. The Kier molecular flexibility index (Phi) is 3.32. The third kappa shape index (κ3) is 2.41. The van der Waals surface area contributed by atoms with Gasteiger partial charge in [-0.25, -0.2) is 9.59 Å². The fraction of sp³-hybridized carbons (Fsp3) is 0.214. The number of urea groups is 1. The van der Waals surface area contributed by atoms with Crippen LogP contribution in [0.25, 0.3) is 11.3 Å². The third-order valence-electron chi connectivity index (χ3n) is 3.70. The number of carbonyl (C=O) groups is 1. The molecule has 2 aromatic rings. The van der Waals surface area contributed by atoms with Crippen LogP contribution in [0.15, 0.2) is 29.1 Å². The van der Waals surface area contributed by atoms with Crippen LogP contribution in [0, 0.1) is 10.1 Å². The van der Waals surface area contributed by atoms with Crippen LogP contribution in [0.2, 0.25) is 0 Å². The highest BCUT2D eigenvalue weighted by molar-refractivity contribution is 5.94. The maximum absolute atomic E-state index is 12.0. The third-order valence-corrected chi connectivity index (χ3v) is 3.70. The van der Waals surface area contributed by atoms with Crippen LogP contribution >= 0.6 is 0 Å². The van der Waals surface area contributed by atoms with Crippen molar-refractivity contribution in [1.82, 2.24) is 14.9 Å². The summed E-state index contributed by atoms with van der Waals surface area (Å²) in [4.78, 5) is 43.4. The lowest BCUT2D eigenvalue weighted by atomic mass is 10.0. The zero-order valence-electron chi connectivity index (χ0n) is 12.4. The Morgan fingerprint density at radius 2 is 1.87 bits per heavy atom. The van der Waals surface area contributed by atoms with E-state index in [0.717, 1.165) is 0 Å².